The highest BCUT2D eigenvalue weighted by atomic mass is 15.3. The van der Waals surface area contributed by atoms with Gasteiger partial charge in [-0.05, 0) is 25.5 Å². The largest absolute Gasteiger partial charge is 0.356 e. The quantitative estimate of drug-likeness (QED) is 0.399. The zero-order valence-corrected chi connectivity index (χ0v) is 14.4. The Kier molecular flexibility index (Phi) is 5.92. The third-order valence-electron chi connectivity index (χ3n) is 4.48. The zero-order chi connectivity index (χ0) is 16.6. The molecule has 0 aliphatic carbocycles. The Morgan fingerprint density at radius 1 is 1.25 bits per heavy atom. The summed E-state index contributed by atoms with van der Waals surface area (Å²) in [6.45, 7) is 7.84. The van der Waals surface area contributed by atoms with Gasteiger partial charge in [0.05, 0.1) is 0 Å². The Labute approximate surface area is 145 Å². The molecule has 1 unspecified atom stereocenters. The van der Waals surface area contributed by atoms with Crippen LogP contribution in [0.25, 0.3) is 0 Å². The van der Waals surface area contributed by atoms with Crippen LogP contribution in [0.2, 0.25) is 0 Å². The molecule has 0 spiro atoms. The SMILES string of the molecule is CCNC(=NCC#Cc1ccccc1)N1CCC(N2CC=CC2)C1. The third-order valence-corrected chi connectivity index (χ3v) is 4.48. The topological polar surface area (TPSA) is 30.9 Å². The molecule has 126 valence electrons. The molecule has 0 bridgehead atoms. The minimum Gasteiger partial charge on any atom is -0.356 e. The normalized spacial score (nSPS) is 21.0. The Hall–Kier alpha value is -2.25. The first kappa shape index (κ1) is 16.6. The van der Waals surface area contributed by atoms with Crippen molar-refractivity contribution in [1.29, 1.82) is 0 Å². The lowest BCUT2D eigenvalue weighted by molar-refractivity contribution is 0.259. The molecule has 2 aliphatic rings. The molecule has 24 heavy (non-hydrogen) atoms. The molecule has 2 heterocycles. The number of aliphatic imine (C=N–C) groups is 1. The molecule has 0 radical (unpaired) electrons. The van der Waals surface area contributed by atoms with Gasteiger partial charge in [-0.25, -0.2) is 4.99 Å². The van der Waals surface area contributed by atoms with E-state index in [1.54, 1.807) is 0 Å². The van der Waals surface area contributed by atoms with Crippen LogP contribution in [0.5, 0.6) is 0 Å². The smallest absolute Gasteiger partial charge is 0.194 e. The van der Waals surface area contributed by atoms with Gasteiger partial charge in [0.2, 0.25) is 0 Å². The summed E-state index contributed by atoms with van der Waals surface area (Å²) in [5, 5.41) is 3.41. The van der Waals surface area contributed by atoms with Crippen molar-refractivity contribution >= 4 is 5.96 Å². The second-order valence-electron chi connectivity index (χ2n) is 6.15. The average molecular weight is 322 g/mol. The third kappa shape index (κ3) is 4.39. The highest BCUT2D eigenvalue weighted by molar-refractivity contribution is 5.80. The van der Waals surface area contributed by atoms with Crippen molar-refractivity contribution in [3.05, 3.63) is 48.0 Å². The lowest BCUT2D eigenvalue weighted by atomic mass is 10.2. The van der Waals surface area contributed by atoms with Crippen molar-refractivity contribution in [2.24, 2.45) is 4.99 Å². The fourth-order valence-electron chi connectivity index (χ4n) is 3.23. The number of hydrogen-bond donors (Lipinski definition) is 1. The first-order chi connectivity index (χ1) is 11.9. The number of likely N-dealkylation sites (tertiary alicyclic amines) is 1. The number of nitrogens with zero attached hydrogens (tertiary/aromatic N) is 3. The summed E-state index contributed by atoms with van der Waals surface area (Å²) in [4.78, 5) is 9.61. The fraction of sp³-hybridized carbons (Fsp3) is 0.450. The number of benzene rings is 1. The van der Waals surface area contributed by atoms with Crippen molar-refractivity contribution in [3.63, 3.8) is 0 Å². The first-order valence-corrected chi connectivity index (χ1v) is 8.83. The van der Waals surface area contributed by atoms with E-state index in [1.165, 1.54) is 6.42 Å². The van der Waals surface area contributed by atoms with Crippen molar-refractivity contribution in [3.8, 4) is 11.8 Å². The second kappa shape index (κ2) is 8.56. The maximum atomic E-state index is 4.70. The van der Waals surface area contributed by atoms with Crippen LogP contribution in [0.15, 0.2) is 47.5 Å². The fourth-order valence-corrected chi connectivity index (χ4v) is 3.23. The van der Waals surface area contributed by atoms with E-state index in [2.05, 4.69) is 46.0 Å². The van der Waals surface area contributed by atoms with Gasteiger partial charge in [-0.3, -0.25) is 4.90 Å². The van der Waals surface area contributed by atoms with Gasteiger partial charge in [-0.1, -0.05) is 42.2 Å². The summed E-state index contributed by atoms with van der Waals surface area (Å²) in [6, 6.07) is 10.7. The molecule has 0 saturated carbocycles. The number of guanidine groups is 1. The molecule has 4 nitrogen and oxygen atoms in total. The first-order valence-electron chi connectivity index (χ1n) is 8.83. The predicted octanol–water partition coefficient (Wildman–Crippen LogP) is 1.95. The van der Waals surface area contributed by atoms with E-state index >= 15 is 0 Å². The van der Waals surface area contributed by atoms with Gasteiger partial charge < -0.3 is 10.2 Å². The standard InChI is InChI=1S/C20H26N4/c1-2-21-20(22-13-8-11-18-9-4-3-5-10-18)24-16-12-19(17-24)23-14-6-7-15-23/h3-7,9-10,19H,2,12-17H2,1H3,(H,21,22). The molecule has 1 atom stereocenters. The van der Waals surface area contributed by atoms with Crippen molar-refractivity contribution in [1.82, 2.24) is 15.1 Å². The Balaban J connectivity index is 1.57. The molecular formula is C20H26N4. The van der Waals surface area contributed by atoms with Gasteiger partial charge in [0.25, 0.3) is 0 Å². The molecule has 1 N–H and O–H groups in total. The molecule has 1 aromatic rings. The van der Waals surface area contributed by atoms with E-state index in [9.17, 15) is 0 Å². The molecule has 4 heteroatoms. The average Bonchev–Trinajstić information content (AvgIpc) is 3.29. The predicted molar refractivity (Wildman–Crippen MR) is 100.0 cm³/mol. The molecule has 1 aromatic carbocycles. The Morgan fingerprint density at radius 2 is 2.04 bits per heavy atom. The van der Waals surface area contributed by atoms with E-state index in [4.69, 9.17) is 4.99 Å². The van der Waals surface area contributed by atoms with Crippen LogP contribution in [0.4, 0.5) is 0 Å². The van der Waals surface area contributed by atoms with Crippen LogP contribution >= 0.6 is 0 Å². The van der Waals surface area contributed by atoms with Gasteiger partial charge in [0.15, 0.2) is 5.96 Å². The van der Waals surface area contributed by atoms with Crippen molar-refractivity contribution in [2.75, 3.05) is 39.3 Å². The van der Waals surface area contributed by atoms with Gasteiger partial charge >= 0.3 is 0 Å². The summed E-state index contributed by atoms with van der Waals surface area (Å²) in [6.07, 6.45) is 5.74. The van der Waals surface area contributed by atoms with Gasteiger partial charge in [0.1, 0.15) is 6.54 Å². The molecule has 0 amide bonds. The maximum absolute atomic E-state index is 4.70. The molecular weight excluding hydrogens is 296 g/mol. The Bertz CT molecular complexity index is 631. The number of hydrogen-bond acceptors (Lipinski definition) is 2. The van der Waals surface area contributed by atoms with Gasteiger partial charge in [-0.2, -0.15) is 0 Å². The molecule has 2 aliphatic heterocycles. The summed E-state index contributed by atoms with van der Waals surface area (Å²) < 4.78 is 0. The van der Waals surface area contributed by atoms with Crippen LogP contribution < -0.4 is 5.32 Å². The Morgan fingerprint density at radius 3 is 2.79 bits per heavy atom. The van der Waals surface area contributed by atoms with Gasteiger partial charge in [0, 0.05) is 44.3 Å². The maximum Gasteiger partial charge on any atom is 0.194 e. The minimum absolute atomic E-state index is 0.531. The number of nitrogens with one attached hydrogen (secondary N) is 1. The highest BCUT2D eigenvalue weighted by Gasteiger charge is 2.29. The lowest BCUT2D eigenvalue weighted by Gasteiger charge is -2.25. The second-order valence-corrected chi connectivity index (χ2v) is 6.15. The summed E-state index contributed by atoms with van der Waals surface area (Å²) >= 11 is 0. The lowest BCUT2D eigenvalue weighted by Crippen LogP contribution is -2.42. The van der Waals surface area contributed by atoms with E-state index < -0.39 is 0 Å². The van der Waals surface area contributed by atoms with E-state index in [1.807, 2.05) is 30.3 Å². The summed E-state index contributed by atoms with van der Waals surface area (Å²) in [7, 11) is 0. The molecule has 1 saturated heterocycles. The van der Waals surface area contributed by atoms with Gasteiger partial charge in [-0.15, -0.1) is 0 Å². The van der Waals surface area contributed by atoms with Crippen LogP contribution in [-0.2, 0) is 0 Å². The molecule has 0 aromatic heterocycles. The highest BCUT2D eigenvalue weighted by Crippen LogP contribution is 2.17. The molecule has 1 fully saturated rings. The monoisotopic (exact) mass is 322 g/mol. The van der Waals surface area contributed by atoms with Crippen LogP contribution in [0, 0.1) is 11.8 Å². The van der Waals surface area contributed by atoms with E-state index in [0.29, 0.717) is 12.6 Å². The summed E-state index contributed by atoms with van der Waals surface area (Å²) in [5.41, 5.74) is 1.04. The zero-order valence-electron chi connectivity index (χ0n) is 14.4. The van der Waals surface area contributed by atoms with Crippen molar-refractivity contribution in [2.45, 2.75) is 19.4 Å². The van der Waals surface area contributed by atoms with Crippen LogP contribution in [-0.4, -0.2) is 61.1 Å². The minimum atomic E-state index is 0.531. The van der Waals surface area contributed by atoms with Crippen LogP contribution in [0.1, 0.15) is 18.9 Å². The number of rotatable bonds is 3. The van der Waals surface area contributed by atoms with Crippen molar-refractivity contribution < 1.29 is 0 Å². The molecule has 3 rings (SSSR count). The van der Waals surface area contributed by atoms with E-state index in [-0.39, 0.29) is 0 Å². The van der Waals surface area contributed by atoms with Crippen LogP contribution in [0.3, 0.4) is 0 Å². The van der Waals surface area contributed by atoms with E-state index in [0.717, 1.165) is 44.2 Å². The summed E-state index contributed by atoms with van der Waals surface area (Å²) in [5.74, 6) is 7.32.